The molecule has 0 spiro atoms. The van der Waals surface area contributed by atoms with Crippen molar-refractivity contribution in [2.45, 2.75) is 6.92 Å². The highest BCUT2D eigenvalue weighted by Crippen LogP contribution is 1.92. The van der Waals surface area contributed by atoms with Crippen molar-refractivity contribution >= 4 is 6.29 Å². The van der Waals surface area contributed by atoms with Gasteiger partial charge in [0.25, 0.3) is 5.56 Å². The molecule has 1 aromatic rings. The number of aldehydes is 1. The van der Waals surface area contributed by atoms with Gasteiger partial charge in [-0.3, -0.25) is 9.59 Å². The molecule has 0 amide bonds. The molecule has 1 heterocycles. The first-order valence-corrected chi connectivity index (χ1v) is 3.28. The van der Waals surface area contributed by atoms with Gasteiger partial charge in [-0.1, -0.05) is 0 Å². The summed E-state index contributed by atoms with van der Waals surface area (Å²) in [7, 11) is 1.64. The van der Waals surface area contributed by atoms with Gasteiger partial charge in [-0.05, 0) is 19.1 Å². The van der Waals surface area contributed by atoms with E-state index in [1.54, 1.807) is 13.1 Å². The molecule has 1 aromatic heterocycles. The number of rotatable bonds is 1. The molecule has 0 radical (unpaired) electrons. The highest BCUT2D eigenvalue weighted by molar-refractivity contribution is 5.73. The molecule has 0 saturated carbocycles. The number of carbonyl (C=O) groups excluding carboxylic acids is 1. The largest absolute Gasteiger partial charge is 0.315 e. The first-order valence-electron chi connectivity index (χ1n) is 3.28. The smallest absolute Gasteiger partial charge is 0.261 e. The number of carbonyl (C=O) groups is 1. The van der Waals surface area contributed by atoms with E-state index in [1.807, 2.05) is 6.92 Å². The average Bonchev–Trinajstić information content (AvgIpc) is 2.01. The summed E-state index contributed by atoms with van der Waals surface area (Å²) in [6.45, 7) is 1.82. The molecular weight excluding hydrogens is 142 g/mol. The third-order valence-electron chi connectivity index (χ3n) is 1.71. The minimum absolute atomic E-state index is 0.207. The SMILES string of the molecule is Cc1ccc(C=O)c(=O)n1C. The Labute approximate surface area is 64.3 Å². The van der Waals surface area contributed by atoms with Gasteiger partial charge in [0, 0.05) is 12.7 Å². The molecule has 0 N–H and O–H groups in total. The van der Waals surface area contributed by atoms with Crippen LogP contribution in [0.2, 0.25) is 0 Å². The molecule has 3 heteroatoms. The van der Waals surface area contributed by atoms with Crippen molar-refractivity contribution in [1.29, 1.82) is 0 Å². The summed E-state index contributed by atoms with van der Waals surface area (Å²) < 4.78 is 1.45. The van der Waals surface area contributed by atoms with Gasteiger partial charge in [-0.15, -0.1) is 0 Å². The molecule has 0 aliphatic heterocycles. The number of nitrogens with zero attached hydrogens (tertiary/aromatic N) is 1. The Morgan fingerprint density at radius 2 is 2.09 bits per heavy atom. The van der Waals surface area contributed by atoms with E-state index in [1.165, 1.54) is 10.6 Å². The molecule has 0 aliphatic rings. The minimum atomic E-state index is -0.236. The van der Waals surface area contributed by atoms with Gasteiger partial charge in [-0.25, -0.2) is 0 Å². The van der Waals surface area contributed by atoms with Gasteiger partial charge in [0.05, 0.1) is 5.56 Å². The minimum Gasteiger partial charge on any atom is -0.315 e. The van der Waals surface area contributed by atoms with Crippen LogP contribution < -0.4 is 5.56 Å². The Hall–Kier alpha value is -1.38. The summed E-state index contributed by atoms with van der Waals surface area (Å²) in [4.78, 5) is 21.4. The van der Waals surface area contributed by atoms with E-state index in [9.17, 15) is 9.59 Å². The molecule has 0 saturated heterocycles. The summed E-state index contributed by atoms with van der Waals surface area (Å²) in [5.41, 5.74) is 0.818. The maximum Gasteiger partial charge on any atom is 0.261 e. The Bertz CT molecular complexity index is 338. The average molecular weight is 151 g/mol. The van der Waals surface area contributed by atoms with E-state index < -0.39 is 0 Å². The van der Waals surface area contributed by atoms with Crippen molar-refractivity contribution < 1.29 is 4.79 Å². The molecule has 58 valence electrons. The predicted octanol–water partition coefficient (Wildman–Crippen LogP) is 0.506. The topological polar surface area (TPSA) is 39.1 Å². The monoisotopic (exact) mass is 151 g/mol. The second kappa shape index (κ2) is 2.70. The van der Waals surface area contributed by atoms with Gasteiger partial charge in [0.1, 0.15) is 0 Å². The van der Waals surface area contributed by atoms with Gasteiger partial charge in [0.15, 0.2) is 6.29 Å². The normalized spacial score (nSPS) is 9.64. The first kappa shape index (κ1) is 7.72. The van der Waals surface area contributed by atoms with Crippen LogP contribution in [0.15, 0.2) is 16.9 Å². The molecule has 0 bridgehead atoms. The Morgan fingerprint density at radius 1 is 1.45 bits per heavy atom. The maximum absolute atomic E-state index is 11.2. The molecule has 0 unspecified atom stereocenters. The van der Waals surface area contributed by atoms with Crippen molar-refractivity contribution in [1.82, 2.24) is 4.57 Å². The van der Waals surface area contributed by atoms with E-state index in [0.29, 0.717) is 6.29 Å². The second-order valence-electron chi connectivity index (χ2n) is 2.41. The lowest BCUT2D eigenvalue weighted by molar-refractivity contribution is 0.112. The molecule has 0 fully saturated rings. The molecule has 1 rings (SSSR count). The van der Waals surface area contributed by atoms with E-state index in [-0.39, 0.29) is 11.1 Å². The fourth-order valence-corrected chi connectivity index (χ4v) is 0.837. The highest BCUT2D eigenvalue weighted by atomic mass is 16.1. The van der Waals surface area contributed by atoms with Crippen LogP contribution in [-0.4, -0.2) is 10.9 Å². The molecule has 0 aliphatic carbocycles. The molecule has 0 atom stereocenters. The number of pyridine rings is 1. The zero-order valence-corrected chi connectivity index (χ0v) is 6.50. The predicted molar refractivity (Wildman–Crippen MR) is 41.8 cm³/mol. The summed E-state index contributed by atoms with van der Waals surface area (Å²) in [5.74, 6) is 0. The number of hydrogen-bond donors (Lipinski definition) is 0. The molecule has 3 nitrogen and oxygen atoms in total. The highest BCUT2D eigenvalue weighted by Gasteiger charge is 1.99. The second-order valence-corrected chi connectivity index (χ2v) is 2.41. The van der Waals surface area contributed by atoms with Gasteiger partial charge in [0.2, 0.25) is 0 Å². The Kier molecular flexibility index (Phi) is 1.89. The lowest BCUT2D eigenvalue weighted by Crippen LogP contribution is -2.21. The quantitative estimate of drug-likeness (QED) is 0.548. The Balaban J connectivity index is 3.49. The van der Waals surface area contributed by atoms with E-state index in [0.717, 1.165) is 5.69 Å². The van der Waals surface area contributed by atoms with E-state index in [2.05, 4.69) is 0 Å². The van der Waals surface area contributed by atoms with E-state index in [4.69, 9.17) is 0 Å². The van der Waals surface area contributed by atoms with Crippen LogP contribution in [0.25, 0.3) is 0 Å². The molecule has 11 heavy (non-hydrogen) atoms. The lowest BCUT2D eigenvalue weighted by atomic mass is 10.2. The maximum atomic E-state index is 11.2. The zero-order valence-electron chi connectivity index (χ0n) is 6.50. The number of aryl methyl sites for hydroxylation is 1. The fraction of sp³-hybridized carbons (Fsp3) is 0.250. The van der Waals surface area contributed by atoms with Crippen molar-refractivity contribution in [3.05, 3.63) is 33.7 Å². The first-order chi connectivity index (χ1) is 5.16. The van der Waals surface area contributed by atoms with Crippen LogP contribution in [0.5, 0.6) is 0 Å². The van der Waals surface area contributed by atoms with Crippen LogP contribution in [0, 0.1) is 6.92 Å². The fourth-order valence-electron chi connectivity index (χ4n) is 0.837. The van der Waals surface area contributed by atoms with Crippen molar-refractivity contribution in [2.75, 3.05) is 0 Å². The van der Waals surface area contributed by atoms with Gasteiger partial charge >= 0.3 is 0 Å². The number of aromatic nitrogens is 1. The molecule has 0 aromatic carbocycles. The van der Waals surface area contributed by atoms with Gasteiger partial charge < -0.3 is 4.57 Å². The van der Waals surface area contributed by atoms with Crippen LogP contribution in [0.3, 0.4) is 0 Å². The third-order valence-corrected chi connectivity index (χ3v) is 1.71. The lowest BCUT2D eigenvalue weighted by Gasteiger charge is -2.01. The van der Waals surface area contributed by atoms with Crippen molar-refractivity contribution in [3.8, 4) is 0 Å². The zero-order chi connectivity index (χ0) is 8.43. The standard InChI is InChI=1S/C8H9NO2/c1-6-3-4-7(5-10)8(11)9(6)2/h3-5H,1-2H3. The van der Waals surface area contributed by atoms with Crippen molar-refractivity contribution in [3.63, 3.8) is 0 Å². The van der Waals surface area contributed by atoms with Gasteiger partial charge in [-0.2, -0.15) is 0 Å². The summed E-state index contributed by atoms with van der Waals surface area (Å²) >= 11 is 0. The number of hydrogen-bond acceptors (Lipinski definition) is 2. The van der Waals surface area contributed by atoms with Crippen LogP contribution >= 0.6 is 0 Å². The molecular formula is C8H9NO2. The Morgan fingerprint density at radius 3 is 2.64 bits per heavy atom. The van der Waals surface area contributed by atoms with Crippen LogP contribution in [0.1, 0.15) is 16.1 Å². The van der Waals surface area contributed by atoms with E-state index >= 15 is 0 Å². The van der Waals surface area contributed by atoms with Crippen molar-refractivity contribution in [2.24, 2.45) is 7.05 Å². The summed E-state index contributed by atoms with van der Waals surface area (Å²) in [5, 5.41) is 0. The van der Waals surface area contributed by atoms with Crippen LogP contribution in [0.4, 0.5) is 0 Å². The van der Waals surface area contributed by atoms with Crippen LogP contribution in [-0.2, 0) is 7.05 Å². The summed E-state index contributed by atoms with van der Waals surface area (Å²) in [6.07, 6.45) is 0.571. The summed E-state index contributed by atoms with van der Waals surface area (Å²) in [6, 6.07) is 3.27. The third kappa shape index (κ3) is 1.22.